The third-order valence-electron chi connectivity index (χ3n) is 2.30. The molecule has 24 heteroatoms. The molecule has 0 amide bonds. The summed E-state index contributed by atoms with van der Waals surface area (Å²) in [7, 11) is 0. The minimum atomic E-state index is -5.19. The predicted octanol–water partition coefficient (Wildman–Crippen LogP) is 7.34. The Balaban J connectivity index is -0.000000218. The van der Waals surface area contributed by atoms with E-state index in [1.165, 1.54) is 0 Å². The third kappa shape index (κ3) is 18.1. The number of rotatable bonds is 1. The van der Waals surface area contributed by atoms with Crippen LogP contribution < -0.4 is 0 Å². The van der Waals surface area contributed by atoms with Crippen molar-refractivity contribution in [1.29, 1.82) is 0 Å². The Morgan fingerprint density at radius 1 is 0.324 bits per heavy atom. The second kappa shape index (κ2) is 15.2. The van der Waals surface area contributed by atoms with Gasteiger partial charge in [-0.15, -0.1) is 29.4 Å². The molecule has 0 spiro atoms. The zero-order chi connectivity index (χ0) is 30.5. The van der Waals surface area contributed by atoms with Gasteiger partial charge in [0, 0.05) is 28.0 Å². The average molecular weight is 770 g/mol. The Bertz CT molecular complexity index is 646. The Labute approximate surface area is 243 Å². The number of alkyl halides is 17. The molecule has 0 fully saturated rings. The molecule has 0 saturated carbocycles. The van der Waals surface area contributed by atoms with Crippen LogP contribution in [0.2, 0.25) is 0 Å². The van der Waals surface area contributed by atoms with Crippen LogP contribution in [0.5, 0.6) is 0 Å². The van der Waals surface area contributed by atoms with E-state index in [4.69, 9.17) is 0 Å². The Hall–Kier alpha value is 0.0383. The molecular formula is C13H3F17MoS6-6. The molecule has 0 aromatic heterocycles. The Morgan fingerprint density at radius 2 is 0.432 bits per heavy atom. The van der Waals surface area contributed by atoms with Crippen LogP contribution in [0, 0.1) is 0 Å². The van der Waals surface area contributed by atoms with Gasteiger partial charge in [0.2, 0.25) is 5.92 Å². The van der Waals surface area contributed by atoms with Gasteiger partial charge in [0.25, 0.3) is 0 Å². The number of hydrogen-bond donors (Lipinski definition) is 0. The summed E-state index contributed by atoms with van der Waals surface area (Å²) in [5.41, 5.74) is 0. The fraction of sp³-hybridized carbons (Fsp3) is 0.538. The minimum Gasteiger partial charge on any atom is -0.780 e. The first-order valence-corrected chi connectivity index (χ1v) is 9.64. The molecule has 0 rings (SSSR count). The van der Waals surface area contributed by atoms with Gasteiger partial charge >= 0.3 is 30.9 Å². The second-order valence-corrected chi connectivity index (χ2v) is 7.80. The van der Waals surface area contributed by atoms with E-state index in [1.807, 2.05) is 0 Å². The maximum absolute atomic E-state index is 12.2. The molecule has 0 atom stereocenters. The van der Waals surface area contributed by atoms with Crippen molar-refractivity contribution in [3.63, 3.8) is 0 Å². The first kappa shape index (κ1) is 44.1. The fourth-order valence-corrected chi connectivity index (χ4v) is 1.60. The first-order chi connectivity index (χ1) is 15.2. The normalized spacial score (nSPS) is 15.4. The summed E-state index contributed by atoms with van der Waals surface area (Å²) < 4.78 is 197. The molecule has 0 nitrogen and oxygen atoms in total. The van der Waals surface area contributed by atoms with Crippen LogP contribution in [0.25, 0.3) is 0 Å². The topological polar surface area (TPSA) is 0 Å². The van der Waals surface area contributed by atoms with Crippen LogP contribution in [0.4, 0.5) is 74.6 Å². The van der Waals surface area contributed by atoms with Crippen LogP contribution in [-0.4, -0.2) is 36.8 Å². The average Bonchev–Trinajstić information content (AvgIpc) is 2.60. The minimum absolute atomic E-state index is 0. The van der Waals surface area contributed by atoms with Gasteiger partial charge in [0.1, 0.15) is 0 Å². The summed E-state index contributed by atoms with van der Waals surface area (Å²) in [5.74, 6) is -3.69. The molecule has 222 valence electrons. The summed E-state index contributed by atoms with van der Waals surface area (Å²) in [4.78, 5) is -12.2. The van der Waals surface area contributed by atoms with Crippen molar-refractivity contribution < 1.29 is 95.7 Å². The van der Waals surface area contributed by atoms with Crippen molar-refractivity contribution in [3.05, 3.63) is 29.4 Å². The molecule has 0 heterocycles. The monoisotopic (exact) mass is 772 g/mol. The molecule has 0 aromatic carbocycles. The van der Waals surface area contributed by atoms with Crippen LogP contribution in [0.1, 0.15) is 6.92 Å². The molecule has 0 saturated heterocycles. The van der Waals surface area contributed by atoms with E-state index in [1.54, 1.807) is 0 Å². The SMILES string of the molecule is CC(F)(F)C([S-])=C([S-])C(F)(F)F.FC(F)(F)C([S-])=C([S-])C(F)(F)F.FC(F)(F)C([S-])=C([S-])C(F)(F)F.[Mo]. The van der Waals surface area contributed by atoms with Gasteiger partial charge < -0.3 is 75.8 Å². The van der Waals surface area contributed by atoms with Crippen molar-refractivity contribution in [2.24, 2.45) is 0 Å². The quantitative estimate of drug-likeness (QED) is 0.155. The van der Waals surface area contributed by atoms with Crippen molar-refractivity contribution in [1.82, 2.24) is 0 Å². The number of allylic oxidation sites excluding steroid dienone is 6. The summed E-state index contributed by atoms with van der Waals surface area (Å²) in [6, 6.07) is 0. The van der Waals surface area contributed by atoms with Gasteiger partial charge in [-0.1, -0.05) is 0 Å². The van der Waals surface area contributed by atoms with Crippen LogP contribution in [0.3, 0.4) is 0 Å². The van der Waals surface area contributed by atoms with Gasteiger partial charge in [-0.05, 0) is 0 Å². The largest absolute Gasteiger partial charge is 0.780 e. The molecule has 0 aliphatic carbocycles. The van der Waals surface area contributed by atoms with Gasteiger partial charge in [-0.3, -0.25) is 0 Å². The van der Waals surface area contributed by atoms with Crippen LogP contribution in [-0.2, 0) is 96.8 Å². The standard InChI is InChI=1S/C5H5F5S2.2C4H2F6S2.Mo/c1-4(6,7)2(11)3(12)5(8,9)10;2*5-3(6,7)1(11)2(12)4(8,9)10;/h11-12H,1H3;2*11-12H;/p-6. The molecule has 0 aromatic rings. The molecule has 37 heavy (non-hydrogen) atoms. The van der Waals surface area contributed by atoms with Gasteiger partial charge in [-0.2, -0.15) is 65.9 Å². The van der Waals surface area contributed by atoms with E-state index in [-0.39, 0.29) is 28.0 Å². The van der Waals surface area contributed by atoms with E-state index in [9.17, 15) is 74.6 Å². The molecule has 0 unspecified atom stereocenters. The maximum Gasteiger partial charge on any atom is 0.391 e. The molecule has 0 aliphatic heterocycles. The van der Waals surface area contributed by atoms with Crippen molar-refractivity contribution in [3.8, 4) is 0 Å². The number of hydrogen-bond acceptors (Lipinski definition) is 6. The first-order valence-electron chi connectivity index (χ1n) is 7.19. The van der Waals surface area contributed by atoms with Crippen LogP contribution >= 0.6 is 0 Å². The van der Waals surface area contributed by atoms with Crippen molar-refractivity contribution >= 4 is 75.8 Å². The summed E-state index contributed by atoms with van der Waals surface area (Å²) in [5, 5.41) is 0. The maximum atomic E-state index is 12.2. The van der Waals surface area contributed by atoms with E-state index in [2.05, 4.69) is 75.8 Å². The molecule has 0 N–H and O–H groups in total. The van der Waals surface area contributed by atoms with Crippen molar-refractivity contribution in [2.45, 2.75) is 43.7 Å². The Kier molecular flexibility index (Phi) is 18.0. The van der Waals surface area contributed by atoms with Crippen molar-refractivity contribution in [2.75, 3.05) is 0 Å². The molecule has 0 aliphatic rings. The second-order valence-electron chi connectivity index (χ2n) is 5.35. The zero-order valence-electron chi connectivity index (χ0n) is 16.3. The fourth-order valence-electron chi connectivity index (χ4n) is 0.843. The van der Waals surface area contributed by atoms with Gasteiger partial charge in [-0.25, -0.2) is 8.78 Å². The smallest absolute Gasteiger partial charge is 0.391 e. The van der Waals surface area contributed by atoms with E-state index < -0.39 is 66.2 Å². The summed E-state index contributed by atoms with van der Waals surface area (Å²) in [6.45, 7) is 0.271. The third-order valence-corrected chi connectivity index (χ3v) is 5.43. The van der Waals surface area contributed by atoms with E-state index >= 15 is 0 Å². The van der Waals surface area contributed by atoms with Gasteiger partial charge in [0.05, 0.1) is 0 Å². The van der Waals surface area contributed by atoms with E-state index in [0.29, 0.717) is 0 Å². The molecule has 0 bridgehead atoms. The Morgan fingerprint density at radius 3 is 0.486 bits per heavy atom. The van der Waals surface area contributed by atoms with Gasteiger partial charge in [0.15, 0.2) is 0 Å². The summed E-state index contributed by atoms with van der Waals surface area (Å²) in [6.07, 6.45) is -25.7. The zero-order valence-corrected chi connectivity index (χ0v) is 23.2. The number of halogens is 17. The predicted molar refractivity (Wildman–Crippen MR) is 106 cm³/mol. The van der Waals surface area contributed by atoms with E-state index in [0.717, 1.165) is 0 Å². The summed E-state index contributed by atoms with van der Waals surface area (Å²) >= 11 is 21.5. The van der Waals surface area contributed by atoms with Crippen LogP contribution in [0.15, 0.2) is 29.4 Å². The molecule has 0 radical (unpaired) electrons. The molecular weight excluding hydrogens is 767 g/mol.